The first-order valence-electron chi connectivity index (χ1n) is 6.29. The van der Waals surface area contributed by atoms with Crippen LogP contribution in [0.3, 0.4) is 0 Å². The number of rotatable bonds is 7. The first-order chi connectivity index (χ1) is 7.34. The van der Waals surface area contributed by atoms with Crippen LogP contribution in [0, 0.1) is 6.92 Å². The number of hydrogen-bond donors (Lipinski definition) is 0. The van der Waals surface area contributed by atoms with Gasteiger partial charge in [0, 0.05) is 25.5 Å². The smallest absolute Gasteiger partial charge is 0.178 e. The Bertz CT molecular complexity index is 273. The summed E-state index contributed by atoms with van der Waals surface area (Å²) in [6.45, 7) is 5.62. The fourth-order valence-electron chi connectivity index (χ4n) is 1.88. The van der Waals surface area contributed by atoms with Crippen LogP contribution in [0.25, 0.3) is 0 Å². The number of pyridine rings is 1. The molecule has 0 spiro atoms. The molecule has 2 heteroatoms. The van der Waals surface area contributed by atoms with E-state index in [0.29, 0.717) is 0 Å². The van der Waals surface area contributed by atoms with Crippen molar-refractivity contribution in [1.82, 2.24) is 0 Å². The molecular weight excluding hydrogens is 309 g/mol. The standard InChI is InChI=1S/C14H24N.HI/c1-3-4-5-6-7-9-12-15-13-10-8-11-14(15)2;/h8,10-11,13H,3-7,9,12H2,1-2H3;1H/q+1;/p-1. The fraction of sp³-hybridized carbons (Fsp3) is 0.643. The van der Waals surface area contributed by atoms with Crippen LogP contribution in [0.4, 0.5) is 0 Å². The number of unbranched alkanes of at least 4 members (excludes halogenated alkanes) is 5. The van der Waals surface area contributed by atoms with Crippen molar-refractivity contribution in [3.8, 4) is 0 Å². The van der Waals surface area contributed by atoms with Gasteiger partial charge in [-0.2, -0.15) is 0 Å². The Morgan fingerprint density at radius 2 is 1.69 bits per heavy atom. The summed E-state index contributed by atoms with van der Waals surface area (Å²) >= 11 is 0. The summed E-state index contributed by atoms with van der Waals surface area (Å²) in [6, 6.07) is 6.40. The van der Waals surface area contributed by atoms with Crippen molar-refractivity contribution in [2.75, 3.05) is 0 Å². The third-order valence-electron chi connectivity index (χ3n) is 2.92. The van der Waals surface area contributed by atoms with E-state index in [1.807, 2.05) is 0 Å². The van der Waals surface area contributed by atoms with Crippen LogP contribution in [0.15, 0.2) is 24.4 Å². The van der Waals surface area contributed by atoms with E-state index in [2.05, 4.69) is 42.8 Å². The molecule has 92 valence electrons. The van der Waals surface area contributed by atoms with Gasteiger partial charge in [0.2, 0.25) is 0 Å². The van der Waals surface area contributed by atoms with Crippen LogP contribution >= 0.6 is 0 Å². The first-order valence-corrected chi connectivity index (χ1v) is 6.29. The quantitative estimate of drug-likeness (QED) is 0.392. The number of aromatic nitrogens is 1. The van der Waals surface area contributed by atoms with Gasteiger partial charge in [0.1, 0.15) is 6.54 Å². The molecule has 0 N–H and O–H groups in total. The second kappa shape index (κ2) is 10.1. The van der Waals surface area contributed by atoms with Crippen molar-refractivity contribution in [2.24, 2.45) is 0 Å². The topological polar surface area (TPSA) is 3.88 Å². The number of halogens is 1. The minimum Gasteiger partial charge on any atom is -1.00 e. The molecule has 0 saturated carbocycles. The molecule has 0 aliphatic heterocycles. The van der Waals surface area contributed by atoms with Crippen molar-refractivity contribution in [3.63, 3.8) is 0 Å². The van der Waals surface area contributed by atoms with E-state index in [0.717, 1.165) is 0 Å². The Morgan fingerprint density at radius 1 is 1.00 bits per heavy atom. The molecule has 0 fully saturated rings. The molecule has 0 unspecified atom stereocenters. The lowest BCUT2D eigenvalue weighted by Crippen LogP contribution is -3.00. The summed E-state index contributed by atoms with van der Waals surface area (Å²) in [5, 5.41) is 0. The molecule has 0 saturated heterocycles. The van der Waals surface area contributed by atoms with Crippen LogP contribution in [-0.2, 0) is 6.54 Å². The normalized spacial score (nSPS) is 9.88. The fourth-order valence-corrected chi connectivity index (χ4v) is 1.88. The van der Waals surface area contributed by atoms with Crippen molar-refractivity contribution >= 4 is 0 Å². The maximum Gasteiger partial charge on any atom is 0.178 e. The molecule has 0 atom stereocenters. The zero-order valence-electron chi connectivity index (χ0n) is 10.6. The maximum atomic E-state index is 2.35. The lowest BCUT2D eigenvalue weighted by atomic mass is 10.1. The van der Waals surface area contributed by atoms with E-state index in [1.165, 1.54) is 50.8 Å². The second-order valence-electron chi connectivity index (χ2n) is 4.30. The van der Waals surface area contributed by atoms with Crippen LogP contribution in [-0.4, -0.2) is 0 Å². The molecule has 0 amide bonds. The third-order valence-corrected chi connectivity index (χ3v) is 2.92. The molecule has 0 aliphatic carbocycles. The largest absolute Gasteiger partial charge is 1.00 e. The highest BCUT2D eigenvalue weighted by molar-refractivity contribution is 4.93. The van der Waals surface area contributed by atoms with E-state index < -0.39 is 0 Å². The van der Waals surface area contributed by atoms with Crippen LogP contribution in [0.5, 0.6) is 0 Å². The highest BCUT2D eigenvalue weighted by atomic mass is 127. The zero-order valence-corrected chi connectivity index (χ0v) is 12.7. The summed E-state index contributed by atoms with van der Waals surface area (Å²) in [7, 11) is 0. The van der Waals surface area contributed by atoms with Crippen molar-refractivity contribution in [2.45, 2.75) is 58.9 Å². The predicted molar refractivity (Wildman–Crippen MR) is 64.8 cm³/mol. The Labute approximate surface area is 117 Å². The summed E-state index contributed by atoms with van der Waals surface area (Å²) < 4.78 is 2.35. The van der Waals surface area contributed by atoms with E-state index in [4.69, 9.17) is 0 Å². The Morgan fingerprint density at radius 3 is 2.38 bits per heavy atom. The van der Waals surface area contributed by atoms with Gasteiger partial charge < -0.3 is 24.0 Å². The molecule has 0 radical (unpaired) electrons. The summed E-state index contributed by atoms with van der Waals surface area (Å²) in [6.07, 6.45) is 10.4. The van der Waals surface area contributed by atoms with Gasteiger partial charge in [0.25, 0.3) is 0 Å². The maximum absolute atomic E-state index is 2.35. The SMILES string of the molecule is CCCCCCCC[n+]1ccccc1C.[I-]. The van der Waals surface area contributed by atoms with Gasteiger partial charge in [0.05, 0.1) is 0 Å². The summed E-state index contributed by atoms with van der Waals surface area (Å²) in [4.78, 5) is 0. The van der Waals surface area contributed by atoms with Gasteiger partial charge in [-0.3, -0.25) is 0 Å². The minimum atomic E-state index is 0. The van der Waals surface area contributed by atoms with Crippen molar-refractivity contribution in [1.29, 1.82) is 0 Å². The van der Waals surface area contributed by atoms with Crippen molar-refractivity contribution < 1.29 is 28.5 Å². The average molecular weight is 333 g/mol. The number of nitrogens with zero attached hydrogens (tertiary/aromatic N) is 1. The van der Waals surface area contributed by atoms with Crippen LogP contribution in [0.2, 0.25) is 0 Å². The lowest BCUT2D eigenvalue weighted by molar-refractivity contribution is -0.703. The number of hydrogen-bond acceptors (Lipinski definition) is 0. The molecule has 1 heterocycles. The predicted octanol–water partition coefficient (Wildman–Crippen LogP) is 0.647. The van der Waals surface area contributed by atoms with E-state index >= 15 is 0 Å². The number of aryl methyl sites for hydroxylation is 2. The Balaban J connectivity index is 0.00000225. The highest BCUT2D eigenvalue weighted by Gasteiger charge is 2.02. The molecule has 0 aromatic carbocycles. The summed E-state index contributed by atoms with van der Waals surface area (Å²) in [5.74, 6) is 0. The second-order valence-corrected chi connectivity index (χ2v) is 4.30. The summed E-state index contributed by atoms with van der Waals surface area (Å²) in [5.41, 5.74) is 1.37. The first kappa shape index (κ1) is 15.9. The molecule has 1 rings (SSSR count). The molecule has 1 aromatic rings. The molecule has 16 heavy (non-hydrogen) atoms. The van der Waals surface area contributed by atoms with Gasteiger partial charge in [0.15, 0.2) is 11.9 Å². The molecule has 0 aliphatic rings. The average Bonchev–Trinajstić information content (AvgIpc) is 2.25. The molecule has 0 bridgehead atoms. The Kier molecular flexibility index (Phi) is 9.99. The highest BCUT2D eigenvalue weighted by Crippen LogP contribution is 2.04. The molecular formula is C14H24IN. The van der Waals surface area contributed by atoms with E-state index in [1.54, 1.807) is 0 Å². The van der Waals surface area contributed by atoms with Gasteiger partial charge in [-0.05, 0) is 6.42 Å². The Hall–Kier alpha value is -0.120. The van der Waals surface area contributed by atoms with Crippen LogP contribution < -0.4 is 28.5 Å². The third kappa shape index (κ3) is 6.46. The van der Waals surface area contributed by atoms with Gasteiger partial charge >= 0.3 is 0 Å². The zero-order chi connectivity index (χ0) is 10.9. The monoisotopic (exact) mass is 333 g/mol. The molecule has 1 nitrogen and oxygen atoms in total. The van der Waals surface area contributed by atoms with Gasteiger partial charge in [-0.15, -0.1) is 0 Å². The van der Waals surface area contributed by atoms with E-state index in [9.17, 15) is 0 Å². The molecule has 1 aromatic heterocycles. The van der Waals surface area contributed by atoms with E-state index in [-0.39, 0.29) is 24.0 Å². The van der Waals surface area contributed by atoms with Crippen LogP contribution in [0.1, 0.15) is 51.1 Å². The van der Waals surface area contributed by atoms with Gasteiger partial charge in [-0.1, -0.05) is 38.7 Å². The van der Waals surface area contributed by atoms with Gasteiger partial charge in [-0.25, -0.2) is 4.57 Å². The lowest BCUT2D eigenvalue weighted by Gasteiger charge is -2.00. The minimum absolute atomic E-state index is 0. The van der Waals surface area contributed by atoms with Crippen molar-refractivity contribution in [3.05, 3.63) is 30.1 Å².